The second kappa shape index (κ2) is 7.09. The maximum Gasteiger partial charge on any atom is 0.272 e. The Balaban J connectivity index is 2.18. The monoisotopic (exact) mass is 325 g/mol. The summed E-state index contributed by atoms with van der Waals surface area (Å²) in [7, 11) is 0. The molecule has 2 aromatic rings. The molecule has 2 heterocycles. The average Bonchev–Trinajstić information content (AvgIpc) is 2.93. The van der Waals surface area contributed by atoms with Gasteiger partial charge in [-0.2, -0.15) is 0 Å². The van der Waals surface area contributed by atoms with Crippen molar-refractivity contribution in [2.45, 2.75) is 44.9 Å². The van der Waals surface area contributed by atoms with Gasteiger partial charge in [0, 0.05) is 12.6 Å². The third kappa shape index (κ3) is 3.65. The standard InChI is InChI=1S/C14H19N3O2S2/c1-4-9(3)15-11(18)8-21-14-16-10-6-7-20-12(10)13(19)17(14)5-2/h6-7,9H,4-5,8H2,1-3H3,(H,15,18)/t9-/m1/s1. The van der Waals surface area contributed by atoms with E-state index < -0.39 is 0 Å². The topological polar surface area (TPSA) is 64.0 Å². The van der Waals surface area contributed by atoms with Crippen molar-refractivity contribution in [3.63, 3.8) is 0 Å². The van der Waals surface area contributed by atoms with Gasteiger partial charge in [0.25, 0.3) is 5.56 Å². The first kappa shape index (κ1) is 16.0. The maximum absolute atomic E-state index is 12.3. The molecule has 0 aliphatic carbocycles. The van der Waals surface area contributed by atoms with Crippen molar-refractivity contribution in [2.24, 2.45) is 0 Å². The lowest BCUT2D eigenvalue weighted by molar-refractivity contribution is -0.119. The minimum atomic E-state index is -0.0309. The van der Waals surface area contributed by atoms with Gasteiger partial charge in [-0.05, 0) is 31.7 Å². The molecule has 1 atom stereocenters. The molecule has 0 radical (unpaired) electrons. The van der Waals surface area contributed by atoms with E-state index in [2.05, 4.69) is 10.3 Å². The zero-order valence-electron chi connectivity index (χ0n) is 12.4. The predicted molar refractivity (Wildman–Crippen MR) is 88.2 cm³/mol. The summed E-state index contributed by atoms with van der Waals surface area (Å²) in [5.41, 5.74) is 0.682. The molecule has 0 saturated heterocycles. The van der Waals surface area contributed by atoms with Crippen LogP contribution in [0.15, 0.2) is 21.4 Å². The second-order valence-corrected chi connectivity index (χ2v) is 6.60. The van der Waals surface area contributed by atoms with Gasteiger partial charge in [0.1, 0.15) is 4.70 Å². The first-order chi connectivity index (χ1) is 10.1. The quantitative estimate of drug-likeness (QED) is 0.655. The number of hydrogen-bond acceptors (Lipinski definition) is 5. The third-order valence-corrected chi connectivity index (χ3v) is 5.07. The Hall–Kier alpha value is -1.34. The number of nitrogens with zero attached hydrogens (tertiary/aromatic N) is 2. The van der Waals surface area contributed by atoms with E-state index in [4.69, 9.17) is 0 Å². The third-order valence-electron chi connectivity index (χ3n) is 3.20. The number of carbonyl (C=O) groups is 1. The van der Waals surface area contributed by atoms with Gasteiger partial charge in [-0.15, -0.1) is 11.3 Å². The van der Waals surface area contributed by atoms with Crippen LogP contribution < -0.4 is 10.9 Å². The molecule has 0 saturated carbocycles. The lowest BCUT2D eigenvalue weighted by Crippen LogP contribution is -2.33. The fourth-order valence-electron chi connectivity index (χ4n) is 1.86. The number of thiophene rings is 1. The minimum absolute atomic E-state index is 0.0256. The van der Waals surface area contributed by atoms with Crippen LogP contribution in [0.3, 0.4) is 0 Å². The highest BCUT2D eigenvalue weighted by molar-refractivity contribution is 7.99. The van der Waals surface area contributed by atoms with Crippen LogP contribution in [-0.4, -0.2) is 27.3 Å². The largest absolute Gasteiger partial charge is 0.353 e. The van der Waals surface area contributed by atoms with Gasteiger partial charge in [0.05, 0.1) is 11.3 Å². The molecule has 0 aliphatic heterocycles. The number of rotatable bonds is 6. The fourth-order valence-corrected chi connectivity index (χ4v) is 3.51. The number of carbonyl (C=O) groups excluding carboxylic acids is 1. The van der Waals surface area contributed by atoms with E-state index in [1.165, 1.54) is 23.1 Å². The van der Waals surface area contributed by atoms with Gasteiger partial charge < -0.3 is 5.32 Å². The highest BCUT2D eigenvalue weighted by atomic mass is 32.2. The van der Waals surface area contributed by atoms with Crippen molar-refractivity contribution in [1.82, 2.24) is 14.9 Å². The number of thioether (sulfide) groups is 1. The number of fused-ring (bicyclic) bond motifs is 1. The number of nitrogens with one attached hydrogen (secondary N) is 1. The van der Waals surface area contributed by atoms with E-state index in [9.17, 15) is 9.59 Å². The normalized spacial score (nSPS) is 12.5. The van der Waals surface area contributed by atoms with Crippen molar-refractivity contribution in [3.05, 3.63) is 21.8 Å². The Bertz CT molecular complexity index is 693. The van der Waals surface area contributed by atoms with E-state index in [-0.39, 0.29) is 23.3 Å². The molecular formula is C14H19N3O2S2. The minimum Gasteiger partial charge on any atom is -0.353 e. The summed E-state index contributed by atoms with van der Waals surface area (Å²) in [4.78, 5) is 28.7. The summed E-state index contributed by atoms with van der Waals surface area (Å²) < 4.78 is 2.30. The lowest BCUT2D eigenvalue weighted by Gasteiger charge is -2.12. The van der Waals surface area contributed by atoms with Crippen LogP contribution in [0.4, 0.5) is 0 Å². The number of hydrogen-bond donors (Lipinski definition) is 1. The number of aromatic nitrogens is 2. The van der Waals surface area contributed by atoms with Crippen LogP contribution in [0.2, 0.25) is 0 Å². The smallest absolute Gasteiger partial charge is 0.272 e. The van der Waals surface area contributed by atoms with Gasteiger partial charge in [-0.1, -0.05) is 18.7 Å². The fraction of sp³-hybridized carbons (Fsp3) is 0.500. The Morgan fingerprint density at radius 2 is 2.29 bits per heavy atom. The van der Waals surface area contributed by atoms with Gasteiger partial charge in [0.2, 0.25) is 5.91 Å². The van der Waals surface area contributed by atoms with Crippen molar-refractivity contribution >= 4 is 39.2 Å². The summed E-state index contributed by atoms with van der Waals surface area (Å²) >= 11 is 2.71. The zero-order chi connectivity index (χ0) is 15.4. The van der Waals surface area contributed by atoms with E-state index in [1.807, 2.05) is 32.2 Å². The molecule has 1 amide bonds. The SMILES string of the molecule is CC[C@@H](C)NC(=O)CSc1nc2ccsc2c(=O)n1CC. The molecule has 2 rings (SSSR count). The van der Waals surface area contributed by atoms with E-state index >= 15 is 0 Å². The predicted octanol–water partition coefficient (Wildman–Crippen LogP) is 2.48. The first-order valence-electron chi connectivity index (χ1n) is 6.97. The molecule has 114 valence electrons. The Labute approximate surface area is 131 Å². The van der Waals surface area contributed by atoms with Gasteiger partial charge in [0.15, 0.2) is 5.16 Å². The zero-order valence-corrected chi connectivity index (χ0v) is 14.0. The lowest BCUT2D eigenvalue weighted by atomic mass is 10.3. The summed E-state index contributed by atoms with van der Waals surface area (Å²) in [6.45, 7) is 6.46. The van der Waals surface area contributed by atoms with E-state index in [0.717, 1.165) is 6.42 Å². The average molecular weight is 325 g/mol. The van der Waals surface area contributed by atoms with Crippen molar-refractivity contribution < 1.29 is 4.79 Å². The Morgan fingerprint density at radius 3 is 2.95 bits per heavy atom. The second-order valence-electron chi connectivity index (χ2n) is 4.74. The van der Waals surface area contributed by atoms with E-state index in [0.29, 0.717) is 21.9 Å². The van der Waals surface area contributed by atoms with Crippen LogP contribution in [0.25, 0.3) is 10.2 Å². The summed E-state index contributed by atoms with van der Waals surface area (Å²) in [6, 6.07) is 2.00. The molecule has 0 bridgehead atoms. The summed E-state index contributed by atoms with van der Waals surface area (Å²) in [5.74, 6) is 0.239. The molecule has 7 heteroatoms. The van der Waals surface area contributed by atoms with Gasteiger partial charge in [-0.25, -0.2) is 4.98 Å². The van der Waals surface area contributed by atoms with Crippen LogP contribution >= 0.6 is 23.1 Å². The van der Waals surface area contributed by atoms with Gasteiger partial charge >= 0.3 is 0 Å². The molecule has 1 N–H and O–H groups in total. The van der Waals surface area contributed by atoms with Crippen molar-refractivity contribution in [2.75, 3.05) is 5.75 Å². The molecule has 21 heavy (non-hydrogen) atoms. The maximum atomic E-state index is 12.3. The first-order valence-corrected chi connectivity index (χ1v) is 8.83. The van der Waals surface area contributed by atoms with Crippen molar-refractivity contribution in [1.29, 1.82) is 0 Å². The number of amides is 1. The molecular weight excluding hydrogens is 306 g/mol. The summed E-state index contributed by atoms with van der Waals surface area (Å²) in [6.07, 6.45) is 0.898. The molecule has 5 nitrogen and oxygen atoms in total. The highest BCUT2D eigenvalue weighted by Crippen LogP contribution is 2.20. The van der Waals surface area contributed by atoms with Crippen LogP contribution in [0.1, 0.15) is 27.2 Å². The van der Waals surface area contributed by atoms with Crippen molar-refractivity contribution in [3.8, 4) is 0 Å². The van der Waals surface area contributed by atoms with Gasteiger partial charge in [-0.3, -0.25) is 14.2 Å². The molecule has 0 fully saturated rings. The summed E-state index contributed by atoms with van der Waals surface area (Å²) in [5, 5.41) is 5.38. The highest BCUT2D eigenvalue weighted by Gasteiger charge is 2.13. The molecule has 0 aromatic carbocycles. The van der Waals surface area contributed by atoms with Crippen LogP contribution in [0.5, 0.6) is 0 Å². The molecule has 0 spiro atoms. The molecule has 0 aliphatic rings. The van der Waals surface area contributed by atoms with E-state index in [1.54, 1.807) is 4.57 Å². The molecule has 2 aromatic heterocycles. The molecule has 0 unspecified atom stereocenters. The Kier molecular flexibility index (Phi) is 5.41. The Morgan fingerprint density at radius 1 is 1.52 bits per heavy atom. The van der Waals surface area contributed by atoms with Crippen LogP contribution in [-0.2, 0) is 11.3 Å². The van der Waals surface area contributed by atoms with Crippen LogP contribution in [0, 0.1) is 0 Å².